The van der Waals surface area contributed by atoms with Gasteiger partial charge in [0.05, 0.1) is 6.04 Å². The normalized spacial score (nSPS) is 30.7. The molecule has 3 nitrogen and oxygen atoms in total. The summed E-state index contributed by atoms with van der Waals surface area (Å²) in [5.41, 5.74) is 6.91. The number of hydrogen-bond donors (Lipinski definition) is 1. The van der Waals surface area contributed by atoms with E-state index < -0.39 is 11.6 Å². The molecule has 0 radical (unpaired) electrons. The van der Waals surface area contributed by atoms with Crippen molar-refractivity contribution in [3.05, 3.63) is 35.4 Å². The highest BCUT2D eigenvalue weighted by molar-refractivity contribution is 5.79. The number of nitrogens with two attached hydrogens (primary N) is 1. The first-order valence-electron chi connectivity index (χ1n) is 8.85. The minimum atomic E-state index is -0.877. The van der Waals surface area contributed by atoms with E-state index in [0.29, 0.717) is 17.4 Å². The van der Waals surface area contributed by atoms with Crippen LogP contribution in [0.3, 0.4) is 0 Å². The van der Waals surface area contributed by atoms with Gasteiger partial charge in [-0.15, -0.1) is 0 Å². The third kappa shape index (κ3) is 3.18. The van der Waals surface area contributed by atoms with Crippen LogP contribution in [-0.4, -0.2) is 23.9 Å². The number of carbonyl (C=O) groups excluding carboxylic acids is 1. The lowest BCUT2D eigenvalue weighted by Crippen LogP contribution is -2.49. The van der Waals surface area contributed by atoms with E-state index in [2.05, 4.69) is 0 Å². The van der Waals surface area contributed by atoms with Crippen LogP contribution in [0.15, 0.2) is 18.2 Å². The molecule has 0 aliphatic heterocycles. The van der Waals surface area contributed by atoms with Gasteiger partial charge in [-0.2, -0.15) is 0 Å². The Labute approximate surface area is 142 Å². The van der Waals surface area contributed by atoms with Crippen LogP contribution in [0, 0.1) is 29.4 Å². The zero-order valence-electron chi connectivity index (χ0n) is 14.3. The second-order valence-corrected chi connectivity index (χ2v) is 7.50. The van der Waals surface area contributed by atoms with Gasteiger partial charge >= 0.3 is 0 Å². The molecule has 2 aliphatic rings. The average Bonchev–Trinajstić information content (AvgIpc) is 2.55. The van der Waals surface area contributed by atoms with Gasteiger partial charge in [0.15, 0.2) is 11.6 Å². The predicted molar refractivity (Wildman–Crippen MR) is 89.1 cm³/mol. The molecule has 0 aromatic heterocycles. The summed E-state index contributed by atoms with van der Waals surface area (Å²) in [6, 6.07) is 3.77. The molecule has 132 valence electrons. The number of nitrogens with zero attached hydrogens (tertiary/aromatic N) is 1. The Kier molecular flexibility index (Phi) is 4.90. The zero-order valence-corrected chi connectivity index (χ0v) is 14.3. The van der Waals surface area contributed by atoms with Crippen LogP contribution in [-0.2, 0) is 4.79 Å². The fourth-order valence-electron chi connectivity index (χ4n) is 4.47. The third-order valence-electron chi connectivity index (χ3n) is 6.12. The molecule has 3 atom stereocenters. The maximum atomic E-state index is 13.5. The molecule has 3 rings (SSSR count). The summed E-state index contributed by atoms with van der Waals surface area (Å²) in [5.74, 6) is -0.766. The maximum Gasteiger partial charge on any atom is 0.225 e. The number of hydrogen-bond acceptors (Lipinski definition) is 2. The summed E-state index contributed by atoms with van der Waals surface area (Å²) in [4.78, 5) is 14.6. The standard InChI is InChI=1S/C19H26F2N2O/c1-11(12-6-7-16(20)17(21)10-12)23(2)19(24)15-8-13-4-3-5-14(9-15)18(13)22/h6-7,10-11,13-15,18H,3-5,8-9,22H2,1-2H3. The molecule has 0 spiro atoms. The van der Waals surface area contributed by atoms with E-state index >= 15 is 0 Å². The monoisotopic (exact) mass is 336 g/mol. The molecule has 2 saturated carbocycles. The van der Waals surface area contributed by atoms with E-state index in [4.69, 9.17) is 5.73 Å². The van der Waals surface area contributed by atoms with Crippen molar-refractivity contribution >= 4 is 5.91 Å². The van der Waals surface area contributed by atoms with E-state index in [9.17, 15) is 13.6 Å². The average molecular weight is 336 g/mol. The molecular weight excluding hydrogens is 310 g/mol. The first-order valence-corrected chi connectivity index (χ1v) is 8.85. The number of fused-ring (bicyclic) bond motifs is 2. The molecular formula is C19H26F2N2O. The predicted octanol–water partition coefficient (Wildman–Crippen LogP) is 3.64. The van der Waals surface area contributed by atoms with Gasteiger partial charge in [-0.1, -0.05) is 12.5 Å². The Bertz CT molecular complexity index is 607. The van der Waals surface area contributed by atoms with Crippen molar-refractivity contribution in [2.24, 2.45) is 23.5 Å². The summed E-state index contributed by atoms with van der Waals surface area (Å²) in [7, 11) is 1.75. The highest BCUT2D eigenvalue weighted by Gasteiger charge is 2.41. The quantitative estimate of drug-likeness (QED) is 0.916. The molecule has 2 fully saturated rings. The molecule has 3 unspecified atom stereocenters. The Hall–Kier alpha value is -1.49. The van der Waals surface area contributed by atoms with Gasteiger partial charge in [-0.25, -0.2) is 8.78 Å². The van der Waals surface area contributed by atoms with Crippen LogP contribution >= 0.6 is 0 Å². The van der Waals surface area contributed by atoms with Crippen molar-refractivity contribution in [2.45, 2.75) is 51.1 Å². The fraction of sp³-hybridized carbons (Fsp3) is 0.632. The Balaban J connectivity index is 1.71. The van der Waals surface area contributed by atoms with Crippen molar-refractivity contribution in [1.82, 2.24) is 4.90 Å². The van der Waals surface area contributed by atoms with E-state index in [1.54, 1.807) is 18.0 Å². The van der Waals surface area contributed by atoms with Crippen molar-refractivity contribution in [1.29, 1.82) is 0 Å². The van der Waals surface area contributed by atoms with Gasteiger partial charge in [0.1, 0.15) is 0 Å². The van der Waals surface area contributed by atoms with Gasteiger partial charge in [0.2, 0.25) is 5.91 Å². The number of halogens is 2. The number of carbonyl (C=O) groups is 1. The van der Waals surface area contributed by atoms with Gasteiger partial charge in [0.25, 0.3) is 0 Å². The second kappa shape index (κ2) is 6.79. The first kappa shape index (κ1) is 17.3. The SMILES string of the molecule is CC(c1ccc(F)c(F)c1)N(C)C(=O)C1CC2CCCC(C1)C2N. The smallest absolute Gasteiger partial charge is 0.225 e. The lowest BCUT2D eigenvalue weighted by Gasteiger charge is -2.44. The van der Waals surface area contributed by atoms with Crippen molar-refractivity contribution in [2.75, 3.05) is 7.05 Å². The Morgan fingerprint density at radius 1 is 1.21 bits per heavy atom. The molecule has 2 aliphatic carbocycles. The fourth-order valence-corrected chi connectivity index (χ4v) is 4.47. The molecule has 0 saturated heterocycles. The number of rotatable bonds is 3. The molecule has 2 N–H and O–H groups in total. The van der Waals surface area contributed by atoms with Gasteiger partial charge in [-0.3, -0.25) is 4.79 Å². The Morgan fingerprint density at radius 2 is 1.83 bits per heavy atom. The van der Waals surface area contributed by atoms with Crippen molar-refractivity contribution in [3.8, 4) is 0 Å². The van der Waals surface area contributed by atoms with Crippen LogP contribution in [0.1, 0.15) is 50.6 Å². The number of benzene rings is 1. The van der Waals surface area contributed by atoms with Gasteiger partial charge in [-0.05, 0) is 62.1 Å². The largest absolute Gasteiger partial charge is 0.339 e. The molecule has 5 heteroatoms. The molecule has 1 amide bonds. The maximum absolute atomic E-state index is 13.5. The van der Waals surface area contributed by atoms with E-state index in [1.165, 1.54) is 12.5 Å². The van der Waals surface area contributed by atoms with Crippen LogP contribution in [0.25, 0.3) is 0 Å². The minimum absolute atomic E-state index is 0.00200. The second-order valence-electron chi connectivity index (χ2n) is 7.50. The van der Waals surface area contributed by atoms with Crippen LogP contribution < -0.4 is 5.73 Å². The molecule has 2 bridgehead atoms. The first-order chi connectivity index (χ1) is 11.4. The van der Waals surface area contributed by atoms with Crippen molar-refractivity contribution < 1.29 is 13.6 Å². The summed E-state index contributed by atoms with van der Waals surface area (Å²) >= 11 is 0. The number of amides is 1. The molecule has 0 heterocycles. The van der Waals surface area contributed by atoms with Gasteiger partial charge in [0, 0.05) is 19.0 Å². The van der Waals surface area contributed by atoms with Crippen LogP contribution in [0.4, 0.5) is 8.78 Å². The van der Waals surface area contributed by atoms with Crippen molar-refractivity contribution in [3.63, 3.8) is 0 Å². The summed E-state index contributed by atoms with van der Waals surface area (Å²) in [5, 5.41) is 0. The molecule has 1 aromatic carbocycles. The molecule has 1 aromatic rings. The minimum Gasteiger partial charge on any atom is -0.339 e. The summed E-state index contributed by atoms with van der Waals surface area (Å²) in [6.07, 6.45) is 5.15. The van der Waals surface area contributed by atoms with Crippen LogP contribution in [0.5, 0.6) is 0 Å². The highest BCUT2D eigenvalue weighted by Crippen LogP contribution is 2.42. The Morgan fingerprint density at radius 3 is 2.42 bits per heavy atom. The highest BCUT2D eigenvalue weighted by atomic mass is 19.2. The lowest BCUT2D eigenvalue weighted by atomic mass is 9.65. The van der Waals surface area contributed by atoms with Gasteiger partial charge < -0.3 is 10.6 Å². The summed E-state index contributed by atoms with van der Waals surface area (Å²) in [6.45, 7) is 1.85. The lowest BCUT2D eigenvalue weighted by molar-refractivity contribution is -0.139. The van der Waals surface area contributed by atoms with E-state index in [-0.39, 0.29) is 23.9 Å². The zero-order chi connectivity index (χ0) is 17.4. The third-order valence-corrected chi connectivity index (χ3v) is 6.12. The molecule has 24 heavy (non-hydrogen) atoms. The summed E-state index contributed by atoms with van der Waals surface area (Å²) < 4.78 is 26.6. The van der Waals surface area contributed by atoms with E-state index in [1.807, 2.05) is 6.92 Å². The van der Waals surface area contributed by atoms with Crippen LogP contribution in [0.2, 0.25) is 0 Å². The topological polar surface area (TPSA) is 46.3 Å². The van der Waals surface area contributed by atoms with E-state index in [0.717, 1.165) is 31.7 Å².